The zero-order valence-electron chi connectivity index (χ0n) is 13.3. The highest BCUT2D eigenvalue weighted by Crippen LogP contribution is 2.20. The highest BCUT2D eigenvalue weighted by Gasteiger charge is 2.14. The normalized spacial score (nSPS) is 10.2. The predicted molar refractivity (Wildman–Crippen MR) is 91.7 cm³/mol. The number of anilines is 2. The van der Waals surface area contributed by atoms with Crippen molar-refractivity contribution in [2.24, 2.45) is 0 Å². The summed E-state index contributed by atoms with van der Waals surface area (Å²) in [6, 6.07) is 4.49. The summed E-state index contributed by atoms with van der Waals surface area (Å²) < 4.78 is 0. The van der Waals surface area contributed by atoms with Crippen LogP contribution in [0.1, 0.15) is 46.2 Å². The fourth-order valence-corrected chi connectivity index (χ4v) is 2.63. The topological polar surface area (TPSA) is 108 Å². The summed E-state index contributed by atoms with van der Waals surface area (Å²) in [7, 11) is 0. The van der Waals surface area contributed by atoms with Crippen molar-refractivity contribution < 1.29 is 19.5 Å². The number of thiazole rings is 1. The van der Waals surface area contributed by atoms with Crippen LogP contribution < -0.4 is 10.6 Å². The van der Waals surface area contributed by atoms with Crippen LogP contribution in [0.15, 0.2) is 23.6 Å². The Balaban J connectivity index is 2.10. The zero-order chi connectivity index (χ0) is 17.7. The van der Waals surface area contributed by atoms with Crippen LogP contribution in [0.3, 0.4) is 0 Å². The van der Waals surface area contributed by atoms with Gasteiger partial charge in [0.2, 0.25) is 5.91 Å². The van der Waals surface area contributed by atoms with Gasteiger partial charge in [0, 0.05) is 17.5 Å². The van der Waals surface area contributed by atoms with Crippen LogP contribution in [-0.4, -0.2) is 27.9 Å². The molecule has 0 atom stereocenters. The lowest BCUT2D eigenvalue weighted by molar-refractivity contribution is -0.116. The van der Waals surface area contributed by atoms with Crippen molar-refractivity contribution in [1.82, 2.24) is 4.98 Å². The van der Waals surface area contributed by atoms with Crippen LogP contribution in [0, 0.1) is 6.92 Å². The van der Waals surface area contributed by atoms with Gasteiger partial charge in [-0.25, -0.2) is 9.78 Å². The maximum atomic E-state index is 12.2. The van der Waals surface area contributed by atoms with E-state index in [1.807, 2.05) is 6.92 Å². The molecule has 8 heteroatoms. The molecule has 0 bridgehead atoms. The van der Waals surface area contributed by atoms with Gasteiger partial charge in [-0.1, -0.05) is 13.0 Å². The van der Waals surface area contributed by atoms with E-state index in [1.54, 1.807) is 13.0 Å². The number of amides is 2. The van der Waals surface area contributed by atoms with E-state index in [0.717, 1.165) is 23.3 Å². The van der Waals surface area contributed by atoms with Crippen molar-refractivity contribution in [3.8, 4) is 0 Å². The van der Waals surface area contributed by atoms with Gasteiger partial charge >= 0.3 is 5.97 Å². The van der Waals surface area contributed by atoms with E-state index in [0.29, 0.717) is 17.2 Å². The van der Waals surface area contributed by atoms with E-state index in [2.05, 4.69) is 15.6 Å². The smallest absolute Gasteiger partial charge is 0.335 e. The number of hydrogen-bond acceptors (Lipinski definition) is 5. The molecule has 2 aromatic rings. The van der Waals surface area contributed by atoms with Crippen LogP contribution in [-0.2, 0) is 4.79 Å². The van der Waals surface area contributed by atoms with Crippen LogP contribution in [0.25, 0.3) is 0 Å². The Morgan fingerprint density at radius 1 is 1.25 bits per heavy atom. The molecule has 0 saturated carbocycles. The maximum absolute atomic E-state index is 12.2. The molecule has 0 unspecified atom stereocenters. The van der Waals surface area contributed by atoms with Crippen molar-refractivity contribution in [2.45, 2.75) is 26.7 Å². The first-order valence-corrected chi connectivity index (χ1v) is 8.19. The standard InChI is InChI=1S/C16H17N3O4S/c1-3-4-13(20)19-16-18-12(8-24-16)14(21)17-11-7-10(15(22)23)6-5-9(11)2/h5-8H,3-4H2,1-2H3,(H,17,21)(H,22,23)(H,18,19,20). The number of nitrogens with one attached hydrogen (secondary N) is 2. The number of nitrogens with zero attached hydrogens (tertiary/aromatic N) is 1. The molecule has 1 aromatic heterocycles. The number of aryl methyl sites for hydroxylation is 1. The van der Waals surface area contributed by atoms with Gasteiger partial charge in [-0.3, -0.25) is 9.59 Å². The molecular formula is C16H17N3O4S. The largest absolute Gasteiger partial charge is 0.478 e. The van der Waals surface area contributed by atoms with Gasteiger partial charge in [-0.15, -0.1) is 11.3 Å². The van der Waals surface area contributed by atoms with E-state index in [9.17, 15) is 14.4 Å². The van der Waals surface area contributed by atoms with Crippen LogP contribution in [0.5, 0.6) is 0 Å². The third-order valence-corrected chi connectivity index (χ3v) is 3.95. The minimum Gasteiger partial charge on any atom is -0.478 e. The molecule has 0 fully saturated rings. The second kappa shape index (κ2) is 7.69. The molecule has 7 nitrogen and oxygen atoms in total. The lowest BCUT2D eigenvalue weighted by Gasteiger charge is -2.08. The van der Waals surface area contributed by atoms with Gasteiger partial charge in [0.05, 0.1) is 5.56 Å². The third kappa shape index (κ3) is 4.39. The predicted octanol–water partition coefficient (Wildman–Crippen LogP) is 3.14. The Morgan fingerprint density at radius 3 is 2.67 bits per heavy atom. The molecule has 2 rings (SSSR count). The van der Waals surface area contributed by atoms with E-state index < -0.39 is 11.9 Å². The molecule has 0 aliphatic carbocycles. The summed E-state index contributed by atoms with van der Waals surface area (Å²) in [4.78, 5) is 38.9. The molecule has 1 aromatic carbocycles. The summed E-state index contributed by atoms with van der Waals surface area (Å²) in [6.45, 7) is 3.66. The van der Waals surface area contributed by atoms with Crippen LogP contribution in [0.4, 0.5) is 10.8 Å². The first-order chi connectivity index (χ1) is 11.4. The van der Waals surface area contributed by atoms with Gasteiger partial charge in [-0.2, -0.15) is 0 Å². The van der Waals surface area contributed by atoms with Gasteiger partial charge in [0.1, 0.15) is 5.69 Å². The Bertz CT molecular complexity index is 785. The second-order valence-electron chi connectivity index (χ2n) is 5.13. The molecular weight excluding hydrogens is 330 g/mol. The van der Waals surface area contributed by atoms with Gasteiger partial charge < -0.3 is 15.7 Å². The minimum absolute atomic E-state index is 0.0849. The van der Waals surface area contributed by atoms with E-state index in [4.69, 9.17) is 5.11 Å². The molecule has 0 radical (unpaired) electrons. The molecule has 0 aliphatic heterocycles. The zero-order valence-corrected chi connectivity index (χ0v) is 14.1. The number of carboxylic acid groups (broad SMARTS) is 1. The van der Waals surface area contributed by atoms with Crippen molar-refractivity contribution in [2.75, 3.05) is 10.6 Å². The summed E-state index contributed by atoms with van der Waals surface area (Å²) in [5.41, 5.74) is 1.39. The molecule has 3 N–H and O–H groups in total. The first kappa shape index (κ1) is 17.6. The number of hydrogen-bond donors (Lipinski definition) is 3. The lowest BCUT2D eigenvalue weighted by Crippen LogP contribution is -2.15. The fourth-order valence-electron chi connectivity index (χ4n) is 1.92. The molecule has 126 valence electrons. The van der Waals surface area contributed by atoms with Gasteiger partial charge in [0.25, 0.3) is 5.91 Å². The lowest BCUT2D eigenvalue weighted by atomic mass is 10.1. The Labute approximate surface area is 142 Å². The third-order valence-electron chi connectivity index (χ3n) is 3.19. The number of aromatic carboxylic acids is 1. The average molecular weight is 347 g/mol. The number of carboxylic acids is 1. The summed E-state index contributed by atoms with van der Waals surface area (Å²) in [6.07, 6.45) is 1.12. The monoisotopic (exact) mass is 347 g/mol. The summed E-state index contributed by atoms with van der Waals surface area (Å²) in [5, 5.41) is 16.2. The quantitative estimate of drug-likeness (QED) is 0.744. The van der Waals surface area contributed by atoms with Crippen molar-refractivity contribution in [3.05, 3.63) is 40.4 Å². The summed E-state index contributed by atoms with van der Waals surface area (Å²) >= 11 is 1.16. The molecule has 0 saturated heterocycles. The Hall–Kier alpha value is -2.74. The van der Waals surface area contributed by atoms with Crippen LogP contribution >= 0.6 is 11.3 Å². The highest BCUT2D eigenvalue weighted by molar-refractivity contribution is 7.14. The Morgan fingerprint density at radius 2 is 2.00 bits per heavy atom. The second-order valence-corrected chi connectivity index (χ2v) is 5.98. The van der Waals surface area contributed by atoms with E-state index in [1.165, 1.54) is 17.5 Å². The molecule has 0 aliphatic rings. The number of rotatable bonds is 6. The van der Waals surface area contributed by atoms with Crippen molar-refractivity contribution in [1.29, 1.82) is 0 Å². The average Bonchev–Trinajstić information content (AvgIpc) is 2.98. The summed E-state index contributed by atoms with van der Waals surface area (Å²) in [5.74, 6) is -1.68. The minimum atomic E-state index is -1.07. The van der Waals surface area contributed by atoms with Crippen molar-refractivity contribution >= 4 is 39.9 Å². The molecule has 24 heavy (non-hydrogen) atoms. The molecule has 1 heterocycles. The first-order valence-electron chi connectivity index (χ1n) is 7.31. The molecule has 2 amide bonds. The van der Waals surface area contributed by atoms with Gasteiger partial charge in [-0.05, 0) is 31.0 Å². The number of carbonyl (C=O) groups is 3. The van der Waals surface area contributed by atoms with E-state index in [-0.39, 0.29) is 17.2 Å². The maximum Gasteiger partial charge on any atom is 0.335 e. The van der Waals surface area contributed by atoms with E-state index >= 15 is 0 Å². The number of benzene rings is 1. The number of aromatic nitrogens is 1. The Kier molecular flexibility index (Phi) is 5.64. The highest BCUT2D eigenvalue weighted by atomic mass is 32.1. The van der Waals surface area contributed by atoms with Gasteiger partial charge in [0.15, 0.2) is 5.13 Å². The van der Waals surface area contributed by atoms with Crippen molar-refractivity contribution in [3.63, 3.8) is 0 Å². The molecule has 0 spiro atoms. The SMILES string of the molecule is CCCC(=O)Nc1nc(C(=O)Nc2cc(C(=O)O)ccc2C)cs1. The van der Waals surface area contributed by atoms with Crippen LogP contribution in [0.2, 0.25) is 0 Å². The fraction of sp³-hybridized carbons (Fsp3) is 0.250. The number of carbonyl (C=O) groups excluding carboxylic acids is 2.